The third-order valence-electron chi connectivity index (χ3n) is 2.34. The smallest absolute Gasteiger partial charge is 0.323 e. The molecule has 10 heavy (non-hydrogen) atoms. The summed E-state index contributed by atoms with van der Waals surface area (Å²) in [6.45, 7) is 3.61. The first-order chi connectivity index (χ1) is 4.46. The number of hydrogen-bond donors (Lipinski definition) is 2. The predicted octanol–water partition coefficient (Wildman–Crippen LogP) is 0.444. The summed E-state index contributed by atoms with van der Waals surface area (Å²) in [5.41, 5.74) is 4.56. The van der Waals surface area contributed by atoms with Gasteiger partial charge in [0, 0.05) is 0 Å². The van der Waals surface area contributed by atoms with Gasteiger partial charge in [-0.2, -0.15) is 0 Å². The van der Waals surface area contributed by atoms with E-state index in [1.54, 1.807) is 6.92 Å². The van der Waals surface area contributed by atoms with Crippen molar-refractivity contribution in [1.29, 1.82) is 0 Å². The Hall–Kier alpha value is -0.570. The molecule has 1 aliphatic carbocycles. The van der Waals surface area contributed by atoms with E-state index in [0.717, 1.165) is 6.42 Å². The summed E-state index contributed by atoms with van der Waals surface area (Å²) in [4.78, 5) is 10.5. The summed E-state index contributed by atoms with van der Waals surface area (Å²) >= 11 is 0. The highest BCUT2D eigenvalue weighted by Gasteiger charge is 2.49. The van der Waals surface area contributed by atoms with Crippen molar-refractivity contribution in [2.75, 3.05) is 0 Å². The van der Waals surface area contributed by atoms with Crippen LogP contribution in [-0.2, 0) is 4.79 Å². The molecule has 3 atom stereocenters. The van der Waals surface area contributed by atoms with Crippen LogP contribution in [0.15, 0.2) is 0 Å². The van der Waals surface area contributed by atoms with Crippen LogP contribution in [0.5, 0.6) is 0 Å². The Morgan fingerprint density at radius 1 is 1.80 bits per heavy atom. The van der Waals surface area contributed by atoms with E-state index in [4.69, 9.17) is 10.8 Å². The maximum atomic E-state index is 10.5. The molecule has 58 valence electrons. The quantitative estimate of drug-likeness (QED) is 0.589. The zero-order chi connectivity index (χ0) is 7.94. The van der Waals surface area contributed by atoms with Gasteiger partial charge in [0.2, 0.25) is 0 Å². The first-order valence-corrected chi connectivity index (χ1v) is 3.48. The Kier molecular flexibility index (Phi) is 1.47. The van der Waals surface area contributed by atoms with Crippen LogP contribution < -0.4 is 5.73 Å². The number of hydrogen-bond acceptors (Lipinski definition) is 2. The highest BCUT2D eigenvalue weighted by atomic mass is 16.4. The number of aliphatic carboxylic acids is 1. The first kappa shape index (κ1) is 7.54. The Balaban J connectivity index is 2.60. The van der Waals surface area contributed by atoms with Gasteiger partial charge >= 0.3 is 5.97 Å². The molecule has 3 heteroatoms. The standard InChI is InChI=1S/C7H13NO2/c1-4-3-5(4)7(2,8)6(9)10/h4-5H,3,8H2,1-2H3,(H,9,10). The van der Waals surface area contributed by atoms with Gasteiger partial charge in [-0.15, -0.1) is 0 Å². The summed E-state index contributed by atoms with van der Waals surface area (Å²) in [7, 11) is 0. The number of carboxylic acids is 1. The lowest BCUT2D eigenvalue weighted by atomic mass is 9.96. The predicted molar refractivity (Wildman–Crippen MR) is 37.5 cm³/mol. The fourth-order valence-electron chi connectivity index (χ4n) is 1.32. The molecular weight excluding hydrogens is 130 g/mol. The van der Waals surface area contributed by atoms with E-state index in [9.17, 15) is 4.79 Å². The van der Waals surface area contributed by atoms with Crippen molar-refractivity contribution in [1.82, 2.24) is 0 Å². The van der Waals surface area contributed by atoms with Gasteiger partial charge in [-0.3, -0.25) is 4.79 Å². The molecule has 0 aromatic carbocycles. The molecule has 0 spiro atoms. The maximum absolute atomic E-state index is 10.5. The van der Waals surface area contributed by atoms with Gasteiger partial charge in [-0.1, -0.05) is 6.92 Å². The van der Waals surface area contributed by atoms with Crippen molar-refractivity contribution in [3.05, 3.63) is 0 Å². The van der Waals surface area contributed by atoms with E-state index >= 15 is 0 Å². The second-order valence-electron chi connectivity index (χ2n) is 3.41. The molecule has 0 heterocycles. The van der Waals surface area contributed by atoms with Crippen molar-refractivity contribution in [3.8, 4) is 0 Å². The van der Waals surface area contributed by atoms with Gasteiger partial charge in [0.05, 0.1) is 0 Å². The number of carboxylic acid groups (broad SMARTS) is 1. The van der Waals surface area contributed by atoms with E-state index in [-0.39, 0.29) is 5.92 Å². The molecule has 1 rings (SSSR count). The van der Waals surface area contributed by atoms with Gasteiger partial charge in [0.15, 0.2) is 0 Å². The minimum Gasteiger partial charge on any atom is -0.480 e. The highest BCUT2D eigenvalue weighted by Crippen LogP contribution is 2.44. The van der Waals surface area contributed by atoms with Crippen molar-refractivity contribution in [2.24, 2.45) is 17.6 Å². The Bertz CT molecular complexity index is 165. The lowest BCUT2D eigenvalue weighted by Gasteiger charge is -2.18. The summed E-state index contributed by atoms with van der Waals surface area (Å²) in [6, 6.07) is 0. The SMILES string of the molecule is CC1CC1C(C)(N)C(=O)O. The molecule has 0 aliphatic heterocycles. The first-order valence-electron chi connectivity index (χ1n) is 3.48. The minimum absolute atomic E-state index is 0.185. The fourth-order valence-corrected chi connectivity index (χ4v) is 1.32. The molecule has 0 saturated heterocycles. The number of rotatable bonds is 2. The third kappa shape index (κ3) is 1.01. The summed E-state index contributed by atoms with van der Waals surface area (Å²) in [5.74, 6) is -0.210. The van der Waals surface area contributed by atoms with E-state index in [1.807, 2.05) is 6.92 Å². The second kappa shape index (κ2) is 1.95. The van der Waals surface area contributed by atoms with E-state index in [0.29, 0.717) is 5.92 Å². The van der Waals surface area contributed by atoms with Crippen LogP contribution in [0.2, 0.25) is 0 Å². The van der Waals surface area contributed by atoms with Crippen LogP contribution in [-0.4, -0.2) is 16.6 Å². The minimum atomic E-state index is -1.00. The van der Waals surface area contributed by atoms with Crippen LogP contribution in [0.25, 0.3) is 0 Å². The van der Waals surface area contributed by atoms with E-state index in [1.165, 1.54) is 0 Å². The molecule has 1 aliphatic rings. The molecule has 3 N–H and O–H groups in total. The molecule has 0 radical (unpaired) electrons. The molecule has 3 nitrogen and oxygen atoms in total. The molecule has 0 bridgehead atoms. The van der Waals surface area contributed by atoms with Gasteiger partial charge in [0.1, 0.15) is 5.54 Å². The van der Waals surface area contributed by atoms with Gasteiger partial charge < -0.3 is 10.8 Å². The molecular formula is C7H13NO2. The van der Waals surface area contributed by atoms with Crippen molar-refractivity contribution in [2.45, 2.75) is 25.8 Å². The average Bonchev–Trinajstić information content (AvgIpc) is 2.46. The Labute approximate surface area is 60.2 Å². The maximum Gasteiger partial charge on any atom is 0.323 e. The van der Waals surface area contributed by atoms with Crippen LogP contribution in [0, 0.1) is 11.8 Å². The topological polar surface area (TPSA) is 63.3 Å². The van der Waals surface area contributed by atoms with Crippen molar-refractivity contribution in [3.63, 3.8) is 0 Å². The average molecular weight is 143 g/mol. The van der Waals surface area contributed by atoms with Gasteiger partial charge in [-0.25, -0.2) is 0 Å². The van der Waals surface area contributed by atoms with Crippen LogP contribution in [0.4, 0.5) is 0 Å². The molecule has 0 aromatic heterocycles. The Morgan fingerprint density at radius 3 is 2.30 bits per heavy atom. The molecule has 3 unspecified atom stereocenters. The van der Waals surface area contributed by atoms with Gasteiger partial charge in [-0.05, 0) is 25.2 Å². The molecule has 1 fully saturated rings. The second-order valence-corrected chi connectivity index (χ2v) is 3.41. The van der Waals surface area contributed by atoms with Crippen LogP contribution >= 0.6 is 0 Å². The third-order valence-corrected chi connectivity index (χ3v) is 2.34. The van der Waals surface area contributed by atoms with E-state index < -0.39 is 11.5 Å². The summed E-state index contributed by atoms with van der Waals surface area (Å²) in [5, 5.41) is 8.64. The fraction of sp³-hybridized carbons (Fsp3) is 0.857. The van der Waals surface area contributed by atoms with Crippen LogP contribution in [0.1, 0.15) is 20.3 Å². The van der Waals surface area contributed by atoms with E-state index in [2.05, 4.69) is 0 Å². The van der Waals surface area contributed by atoms with Gasteiger partial charge in [0.25, 0.3) is 0 Å². The largest absolute Gasteiger partial charge is 0.480 e. The monoisotopic (exact) mass is 143 g/mol. The normalized spacial score (nSPS) is 36.7. The zero-order valence-corrected chi connectivity index (χ0v) is 6.29. The summed E-state index contributed by atoms with van der Waals surface area (Å²) in [6.07, 6.45) is 0.958. The van der Waals surface area contributed by atoms with Crippen molar-refractivity contribution >= 4 is 5.97 Å². The van der Waals surface area contributed by atoms with Crippen LogP contribution in [0.3, 0.4) is 0 Å². The summed E-state index contributed by atoms with van der Waals surface area (Å²) < 4.78 is 0. The highest BCUT2D eigenvalue weighted by molar-refractivity contribution is 5.78. The zero-order valence-electron chi connectivity index (χ0n) is 6.29. The number of carbonyl (C=O) groups is 1. The molecule has 0 aromatic rings. The lowest BCUT2D eigenvalue weighted by molar-refractivity contribution is -0.143. The lowest BCUT2D eigenvalue weighted by Crippen LogP contribution is -2.47. The Morgan fingerprint density at radius 2 is 2.20 bits per heavy atom. The molecule has 1 saturated carbocycles. The number of nitrogens with two attached hydrogens (primary N) is 1. The molecule has 0 amide bonds. The van der Waals surface area contributed by atoms with Crippen molar-refractivity contribution < 1.29 is 9.90 Å².